The van der Waals surface area contributed by atoms with Gasteiger partial charge in [-0.15, -0.1) is 0 Å². The molecule has 0 spiro atoms. The van der Waals surface area contributed by atoms with E-state index in [4.69, 9.17) is 0 Å². The maximum Gasteiger partial charge on any atom is 0.104 e. The molecule has 0 aromatic heterocycles. The van der Waals surface area contributed by atoms with Crippen molar-refractivity contribution in [2.75, 3.05) is 7.05 Å². The molecule has 3 heteroatoms. The van der Waals surface area contributed by atoms with Crippen molar-refractivity contribution in [2.24, 2.45) is 0 Å². The van der Waals surface area contributed by atoms with Gasteiger partial charge in [0, 0.05) is 11.0 Å². The fourth-order valence-electron chi connectivity index (χ4n) is 2.16. The number of benzene rings is 2. The van der Waals surface area contributed by atoms with Crippen LogP contribution in [0.3, 0.4) is 0 Å². The number of aryl methyl sites for hydroxylation is 1. The molecule has 0 amide bonds. The Morgan fingerprint density at radius 3 is 2.74 bits per heavy atom. The molecule has 2 N–H and O–H groups in total. The molecule has 100 valence electrons. The van der Waals surface area contributed by atoms with E-state index in [9.17, 15) is 5.11 Å². The molecular weight excluding hydrogens is 302 g/mol. The number of aliphatic hydroxyl groups is 1. The Labute approximate surface area is 122 Å². The van der Waals surface area contributed by atoms with E-state index in [0.29, 0.717) is 0 Å². The standard InChI is InChI=1S/C16H18BrNO/c1-11-6-7-14(17)9-15(11)16(19)13-5-3-4-12(8-13)10-18-2/h3-9,16,18-19H,10H2,1-2H3. The van der Waals surface area contributed by atoms with Crippen LogP contribution in [0.2, 0.25) is 0 Å². The van der Waals surface area contributed by atoms with E-state index in [2.05, 4.69) is 27.3 Å². The van der Waals surface area contributed by atoms with Gasteiger partial charge in [0.2, 0.25) is 0 Å². The van der Waals surface area contributed by atoms with Crippen LogP contribution in [-0.2, 0) is 6.54 Å². The number of nitrogens with one attached hydrogen (secondary N) is 1. The summed E-state index contributed by atoms with van der Waals surface area (Å²) in [7, 11) is 1.92. The second-order valence-corrected chi connectivity index (χ2v) is 5.59. The van der Waals surface area contributed by atoms with Crippen LogP contribution >= 0.6 is 15.9 Å². The summed E-state index contributed by atoms with van der Waals surface area (Å²) in [6.45, 7) is 2.82. The quantitative estimate of drug-likeness (QED) is 0.903. The summed E-state index contributed by atoms with van der Waals surface area (Å²) in [4.78, 5) is 0. The first-order valence-electron chi connectivity index (χ1n) is 6.29. The van der Waals surface area contributed by atoms with Crippen molar-refractivity contribution in [3.8, 4) is 0 Å². The summed E-state index contributed by atoms with van der Waals surface area (Å²) < 4.78 is 0.985. The molecule has 0 aliphatic heterocycles. The predicted molar refractivity (Wildman–Crippen MR) is 82.1 cm³/mol. The Bertz CT molecular complexity index is 568. The SMILES string of the molecule is CNCc1cccc(C(O)c2cc(Br)ccc2C)c1. The average Bonchev–Trinajstić information content (AvgIpc) is 2.41. The van der Waals surface area contributed by atoms with E-state index in [1.165, 1.54) is 5.56 Å². The highest BCUT2D eigenvalue weighted by atomic mass is 79.9. The molecule has 1 atom stereocenters. The van der Waals surface area contributed by atoms with Crippen LogP contribution in [0, 0.1) is 6.92 Å². The molecular formula is C16H18BrNO. The molecule has 0 fully saturated rings. The molecule has 2 rings (SSSR count). The molecule has 2 nitrogen and oxygen atoms in total. The number of rotatable bonds is 4. The van der Waals surface area contributed by atoms with E-state index in [0.717, 1.165) is 27.7 Å². The Balaban J connectivity index is 2.35. The summed E-state index contributed by atoms with van der Waals surface area (Å²) in [5, 5.41) is 13.7. The monoisotopic (exact) mass is 319 g/mol. The molecule has 0 aliphatic rings. The fraction of sp³-hybridized carbons (Fsp3) is 0.250. The zero-order valence-electron chi connectivity index (χ0n) is 11.2. The summed E-state index contributed by atoms with van der Waals surface area (Å²) >= 11 is 3.46. The van der Waals surface area contributed by atoms with Gasteiger partial charge in [-0.1, -0.05) is 46.3 Å². The molecule has 2 aromatic rings. The first-order chi connectivity index (χ1) is 9.11. The Morgan fingerprint density at radius 1 is 1.21 bits per heavy atom. The Hall–Kier alpha value is -1.16. The third-order valence-corrected chi connectivity index (χ3v) is 3.68. The van der Waals surface area contributed by atoms with Gasteiger partial charge in [-0.05, 0) is 48.4 Å². The summed E-state index contributed by atoms with van der Waals surface area (Å²) in [6, 6.07) is 14.0. The predicted octanol–water partition coefficient (Wildman–Crippen LogP) is 3.56. The number of halogens is 1. The third-order valence-electron chi connectivity index (χ3n) is 3.18. The van der Waals surface area contributed by atoms with Crippen molar-refractivity contribution in [2.45, 2.75) is 19.6 Å². The highest BCUT2D eigenvalue weighted by Gasteiger charge is 2.13. The fourth-order valence-corrected chi connectivity index (χ4v) is 2.54. The first kappa shape index (κ1) is 14.3. The second-order valence-electron chi connectivity index (χ2n) is 4.68. The normalized spacial score (nSPS) is 12.4. The van der Waals surface area contributed by atoms with Crippen molar-refractivity contribution >= 4 is 15.9 Å². The van der Waals surface area contributed by atoms with Crippen molar-refractivity contribution in [3.63, 3.8) is 0 Å². The minimum absolute atomic E-state index is 0.589. The maximum absolute atomic E-state index is 10.5. The molecule has 1 unspecified atom stereocenters. The van der Waals surface area contributed by atoms with Crippen molar-refractivity contribution in [3.05, 3.63) is 69.2 Å². The van der Waals surface area contributed by atoms with Gasteiger partial charge in [-0.25, -0.2) is 0 Å². The van der Waals surface area contributed by atoms with Crippen molar-refractivity contribution in [1.82, 2.24) is 5.32 Å². The first-order valence-corrected chi connectivity index (χ1v) is 7.08. The lowest BCUT2D eigenvalue weighted by Crippen LogP contribution is -2.07. The van der Waals surface area contributed by atoms with Crippen LogP contribution < -0.4 is 5.32 Å². The maximum atomic E-state index is 10.5. The largest absolute Gasteiger partial charge is 0.384 e. The third kappa shape index (κ3) is 3.44. The summed E-state index contributed by atoms with van der Waals surface area (Å²) in [6.07, 6.45) is -0.589. The van der Waals surface area contributed by atoms with Gasteiger partial charge in [0.05, 0.1) is 0 Å². The van der Waals surface area contributed by atoms with Crippen LogP contribution in [0.1, 0.15) is 28.4 Å². The molecule has 0 heterocycles. The molecule has 2 aromatic carbocycles. The van der Waals surface area contributed by atoms with Crippen LogP contribution in [-0.4, -0.2) is 12.2 Å². The van der Waals surface area contributed by atoms with Gasteiger partial charge in [-0.3, -0.25) is 0 Å². The molecule has 0 bridgehead atoms. The lowest BCUT2D eigenvalue weighted by molar-refractivity contribution is 0.219. The topological polar surface area (TPSA) is 32.3 Å². The van der Waals surface area contributed by atoms with E-state index in [1.54, 1.807) is 0 Å². The van der Waals surface area contributed by atoms with Crippen LogP contribution in [0.4, 0.5) is 0 Å². The average molecular weight is 320 g/mol. The van der Waals surface area contributed by atoms with Gasteiger partial charge in [-0.2, -0.15) is 0 Å². The van der Waals surface area contributed by atoms with Crippen LogP contribution in [0.15, 0.2) is 46.9 Å². The molecule has 0 saturated heterocycles. The molecule has 19 heavy (non-hydrogen) atoms. The van der Waals surface area contributed by atoms with Crippen molar-refractivity contribution < 1.29 is 5.11 Å². The van der Waals surface area contributed by atoms with E-state index >= 15 is 0 Å². The molecule has 0 saturated carbocycles. The van der Waals surface area contributed by atoms with Crippen LogP contribution in [0.5, 0.6) is 0 Å². The van der Waals surface area contributed by atoms with E-state index < -0.39 is 6.10 Å². The van der Waals surface area contributed by atoms with E-state index in [-0.39, 0.29) is 0 Å². The van der Waals surface area contributed by atoms with Gasteiger partial charge >= 0.3 is 0 Å². The zero-order valence-corrected chi connectivity index (χ0v) is 12.7. The second kappa shape index (κ2) is 6.33. The van der Waals surface area contributed by atoms with Gasteiger partial charge in [0.25, 0.3) is 0 Å². The van der Waals surface area contributed by atoms with Crippen molar-refractivity contribution in [1.29, 1.82) is 0 Å². The Kier molecular flexibility index (Phi) is 4.75. The lowest BCUT2D eigenvalue weighted by atomic mass is 9.96. The van der Waals surface area contributed by atoms with Gasteiger partial charge in [0.15, 0.2) is 0 Å². The minimum atomic E-state index is -0.589. The van der Waals surface area contributed by atoms with Gasteiger partial charge < -0.3 is 10.4 Å². The summed E-state index contributed by atoms with van der Waals surface area (Å²) in [5.41, 5.74) is 4.13. The highest BCUT2D eigenvalue weighted by molar-refractivity contribution is 9.10. The lowest BCUT2D eigenvalue weighted by Gasteiger charge is -2.15. The number of hydrogen-bond acceptors (Lipinski definition) is 2. The Morgan fingerprint density at radius 2 is 2.00 bits per heavy atom. The van der Waals surface area contributed by atoms with E-state index in [1.807, 2.05) is 50.4 Å². The highest BCUT2D eigenvalue weighted by Crippen LogP contribution is 2.27. The number of hydrogen-bond donors (Lipinski definition) is 2. The number of aliphatic hydroxyl groups excluding tert-OH is 1. The van der Waals surface area contributed by atoms with Crippen LogP contribution in [0.25, 0.3) is 0 Å². The minimum Gasteiger partial charge on any atom is -0.384 e. The summed E-state index contributed by atoms with van der Waals surface area (Å²) in [5.74, 6) is 0. The molecule has 0 aliphatic carbocycles. The molecule has 0 radical (unpaired) electrons. The zero-order chi connectivity index (χ0) is 13.8. The van der Waals surface area contributed by atoms with Gasteiger partial charge in [0.1, 0.15) is 6.10 Å². The smallest absolute Gasteiger partial charge is 0.104 e.